The van der Waals surface area contributed by atoms with E-state index >= 15 is 0 Å². The van der Waals surface area contributed by atoms with E-state index < -0.39 is 30.5 Å². The van der Waals surface area contributed by atoms with E-state index in [-0.39, 0.29) is 13.0 Å². The zero-order valence-corrected chi connectivity index (χ0v) is 15.6. The fourth-order valence-electron chi connectivity index (χ4n) is 3.03. The second-order valence-corrected chi connectivity index (χ2v) is 6.76. The van der Waals surface area contributed by atoms with Gasteiger partial charge in [0.15, 0.2) is 29.3 Å². The molecule has 0 unspecified atom stereocenters. The first-order valence-corrected chi connectivity index (χ1v) is 8.96. The number of carbonyl (C=O) groups excluding carboxylic acids is 1. The number of nitrogens with zero attached hydrogens (tertiary/aromatic N) is 5. The van der Waals surface area contributed by atoms with Gasteiger partial charge in [-0.05, 0) is 6.42 Å². The summed E-state index contributed by atoms with van der Waals surface area (Å²) in [6, 6.07) is 0. The highest BCUT2D eigenvalue weighted by Crippen LogP contribution is 2.31. The van der Waals surface area contributed by atoms with Crippen LogP contribution in [0.2, 0.25) is 0 Å². The molecule has 3 heterocycles. The molecule has 2 N–H and O–H groups in total. The van der Waals surface area contributed by atoms with Gasteiger partial charge in [-0.1, -0.05) is 13.3 Å². The number of aliphatic hydroxyl groups excluding tert-OH is 2. The molecule has 10 nitrogen and oxygen atoms in total. The fraction of sp³-hybridized carbons (Fsp3) is 0.647. The molecule has 0 amide bonds. The number of aromatic nitrogens is 4. The van der Waals surface area contributed by atoms with Gasteiger partial charge in [0.05, 0.1) is 12.9 Å². The second kappa shape index (κ2) is 8.15. The van der Waals surface area contributed by atoms with Gasteiger partial charge >= 0.3 is 5.97 Å². The molecule has 1 fully saturated rings. The Kier molecular flexibility index (Phi) is 5.88. The van der Waals surface area contributed by atoms with E-state index in [4.69, 9.17) is 9.47 Å². The number of ether oxygens (including phenoxy) is 2. The highest BCUT2D eigenvalue weighted by molar-refractivity contribution is 5.83. The molecule has 2 aromatic rings. The monoisotopic (exact) mass is 379 g/mol. The lowest BCUT2D eigenvalue weighted by Gasteiger charge is -2.38. The summed E-state index contributed by atoms with van der Waals surface area (Å²) < 4.78 is 12.8. The molecule has 1 aliphatic heterocycles. The maximum absolute atomic E-state index is 12.1. The van der Waals surface area contributed by atoms with Gasteiger partial charge in [-0.25, -0.2) is 15.0 Å². The Labute approximate surface area is 156 Å². The summed E-state index contributed by atoms with van der Waals surface area (Å²) in [6.07, 6.45) is 0.330. The highest BCUT2D eigenvalue weighted by atomic mass is 16.6. The summed E-state index contributed by atoms with van der Waals surface area (Å²) >= 11 is 0. The van der Waals surface area contributed by atoms with Gasteiger partial charge in [0, 0.05) is 20.5 Å². The van der Waals surface area contributed by atoms with Crippen molar-refractivity contribution in [1.82, 2.24) is 19.5 Å². The molecule has 27 heavy (non-hydrogen) atoms. The molecule has 1 aliphatic rings. The summed E-state index contributed by atoms with van der Waals surface area (Å²) in [5.74, 6) is 0.184. The third-order valence-corrected chi connectivity index (χ3v) is 4.49. The minimum Gasteiger partial charge on any atom is -0.455 e. The van der Waals surface area contributed by atoms with Crippen LogP contribution in [0.5, 0.6) is 0 Å². The molecule has 148 valence electrons. The van der Waals surface area contributed by atoms with E-state index in [2.05, 4.69) is 15.0 Å². The predicted octanol–water partition coefficient (Wildman–Crippen LogP) is 0.245. The average molecular weight is 379 g/mol. The van der Waals surface area contributed by atoms with Gasteiger partial charge in [0.1, 0.15) is 18.5 Å². The number of imidazole rings is 1. The number of aliphatic hydroxyl groups is 2. The largest absolute Gasteiger partial charge is 0.455 e. The van der Waals surface area contributed by atoms with Crippen LogP contribution in [0.1, 0.15) is 32.4 Å². The minimum absolute atomic E-state index is 0.0971. The Balaban J connectivity index is 1.94. The highest BCUT2D eigenvalue weighted by Gasteiger charge is 2.43. The van der Waals surface area contributed by atoms with E-state index in [0.29, 0.717) is 23.4 Å². The summed E-state index contributed by atoms with van der Waals surface area (Å²) in [7, 11) is 3.69. The van der Waals surface area contributed by atoms with E-state index in [1.54, 1.807) is 4.57 Å². The molecule has 0 bridgehead atoms. The Morgan fingerprint density at radius 1 is 1.37 bits per heavy atom. The van der Waals surface area contributed by atoms with Gasteiger partial charge < -0.3 is 24.6 Å². The lowest BCUT2D eigenvalue weighted by atomic mass is 10.0. The molecule has 2 aromatic heterocycles. The van der Waals surface area contributed by atoms with Crippen molar-refractivity contribution in [2.24, 2.45) is 0 Å². The Morgan fingerprint density at radius 3 is 2.85 bits per heavy atom. The number of esters is 1. The second-order valence-electron chi connectivity index (χ2n) is 6.76. The van der Waals surface area contributed by atoms with E-state index in [9.17, 15) is 15.0 Å². The number of fused-ring (bicyclic) bond motifs is 1. The minimum atomic E-state index is -1.28. The zero-order valence-electron chi connectivity index (χ0n) is 15.6. The molecule has 0 spiro atoms. The van der Waals surface area contributed by atoms with Gasteiger partial charge in [-0.2, -0.15) is 0 Å². The predicted molar refractivity (Wildman–Crippen MR) is 96.1 cm³/mol. The summed E-state index contributed by atoms with van der Waals surface area (Å²) in [4.78, 5) is 26.8. The lowest BCUT2D eigenvalue weighted by molar-refractivity contribution is -0.225. The van der Waals surface area contributed by atoms with Crippen LogP contribution < -0.4 is 4.90 Å². The Morgan fingerprint density at radius 2 is 2.15 bits per heavy atom. The lowest BCUT2D eigenvalue weighted by Crippen LogP contribution is -2.52. The number of hydrogen-bond donors (Lipinski definition) is 2. The van der Waals surface area contributed by atoms with Crippen LogP contribution in [0, 0.1) is 0 Å². The van der Waals surface area contributed by atoms with Crippen molar-refractivity contribution in [2.45, 2.75) is 50.7 Å². The van der Waals surface area contributed by atoms with Crippen molar-refractivity contribution in [3.05, 3.63) is 12.7 Å². The number of anilines is 1. The van der Waals surface area contributed by atoms with Crippen molar-refractivity contribution in [3.63, 3.8) is 0 Å². The van der Waals surface area contributed by atoms with Gasteiger partial charge in [0.25, 0.3) is 0 Å². The molecule has 10 heteroatoms. The van der Waals surface area contributed by atoms with E-state index in [1.165, 1.54) is 12.7 Å². The molecule has 0 saturated carbocycles. The topological polar surface area (TPSA) is 123 Å². The molecule has 0 aromatic carbocycles. The summed E-state index contributed by atoms with van der Waals surface area (Å²) in [5.41, 5.74) is 1.04. The normalized spacial score (nSPS) is 25.5. The molecule has 1 saturated heterocycles. The van der Waals surface area contributed by atoms with Crippen molar-refractivity contribution in [2.75, 3.05) is 25.6 Å². The van der Waals surface area contributed by atoms with E-state index in [1.807, 2.05) is 25.9 Å². The van der Waals surface area contributed by atoms with Crippen molar-refractivity contribution in [1.29, 1.82) is 0 Å². The van der Waals surface area contributed by atoms with Gasteiger partial charge in [-0.15, -0.1) is 0 Å². The van der Waals surface area contributed by atoms with Crippen molar-refractivity contribution >= 4 is 23.0 Å². The van der Waals surface area contributed by atoms with Crippen LogP contribution in [0.4, 0.5) is 5.82 Å². The van der Waals surface area contributed by atoms with Gasteiger partial charge in [-0.3, -0.25) is 9.36 Å². The Hall–Kier alpha value is -2.30. The molecule has 3 rings (SSSR count). The zero-order chi connectivity index (χ0) is 19.6. The summed E-state index contributed by atoms with van der Waals surface area (Å²) in [6.45, 7) is 1.87. The first-order chi connectivity index (χ1) is 12.9. The number of unbranched alkanes of at least 4 members (excludes halogenated alkanes) is 1. The molecule has 0 aliphatic carbocycles. The third kappa shape index (κ3) is 3.87. The first-order valence-electron chi connectivity index (χ1n) is 8.96. The smallest absolute Gasteiger partial charge is 0.306 e. The SMILES string of the molecule is CCCCC(=O)O[C@H]1[C@H](O)[C@H](O)CO[C@H]1n1cnc2c(N(C)C)ncnc21. The molecular weight excluding hydrogens is 354 g/mol. The van der Waals surface area contributed by atoms with Crippen LogP contribution in [-0.4, -0.2) is 74.7 Å². The maximum atomic E-state index is 12.1. The third-order valence-electron chi connectivity index (χ3n) is 4.49. The Bertz CT molecular complexity index is 795. The van der Waals surface area contributed by atoms with Gasteiger partial charge in [0.2, 0.25) is 0 Å². The van der Waals surface area contributed by atoms with Crippen LogP contribution in [0.25, 0.3) is 11.2 Å². The number of carbonyl (C=O) groups is 1. The van der Waals surface area contributed by atoms with Crippen LogP contribution in [0.15, 0.2) is 12.7 Å². The molecule has 0 radical (unpaired) electrons. The molecular formula is C17H25N5O5. The van der Waals surface area contributed by atoms with Crippen molar-refractivity contribution < 1.29 is 24.5 Å². The number of hydrogen-bond acceptors (Lipinski definition) is 9. The van der Waals surface area contributed by atoms with Crippen LogP contribution in [0.3, 0.4) is 0 Å². The quantitative estimate of drug-likeness (QED) is 0.680. The molecule has 4 atom stereocenters. The average Bonchev–Trinajstić information content (AvgIpc) is 3.07. The maximum Gasteiger partial charge on any atom is 0.306 e. The van der Waals surface area contributed by atoms with Crippen molar-refractivity contribution in [3.8, 4) is 0 Å². The number of rotatable bonds is 6. The summed E-state index contributed by atoms with van der Waals surface area (Å²) in [5, 5.41) is 20.4. The standard InChI is InChI=1S/C17H25N5O5/c1-4-5-6-11(24)27-14-13(25)10(23)7-26-17(14)22-9-20-12-15(21(2)3)18-8-19-16(12)22/h8-10,13-14,17,23,25H,4-7H2,1-3H3/t10-,13-,14+,17-/m1/s1. The van der Waals surface area contributed by atoms with Crippen LogP contribution in [-0.2, 0) is 14.3 Å². The first kappa shape index (κ1) is 19.5. The van der Waals surface area contributed by atoms with Crippen LogP contribution >= 0.6 is 0 Å². The van der Waals surface area contributed by atoms with E-state index in [0.717, 1.165) is 6.42 Å². The fourth-order valence-corrected chi connectivity index (χ4v) is 3.03.